The summed E-state index contributed by atoms with van der Waals surface area (Å²) in [5, 5.41) is 0.725. The maximum absolute atomic E-state index is 5.74. The first-order chi connectivity index (χ1) is 6.68. The summed E-state index contributed by atoms with van der Waals surface area (Å²) < 4.78 is 10.9. The molecule has 0 saturated heterocycles. The second-order valence-electron chi connectivity index (χ2n) is 3.22. The highest BCUT2D eigenvalue weighted by Gasteiger charge is 1.96. The van der Waals surface area contributed by atoms with Gasteiger partial charge in [-0.05, 0) is 37.4 Å². The van der Waals surface area contributed by atoms with Crippen LogP contribution < -0.4 is 4.74 Å². The minimum Gasteiger partial charge on any atom is -0.491 e. The van der Waals surface area contributed by atoms with Crippen LogP contribution in [-0.2, 0) is 4.43 Å². The van der Waals surface area contributed by atoms with E-state index >= 15 is 0 Å². The Labute approximate surface area is 91.5 Å². The van der Waals surface area contributed by atoms with E-state index in [-0.39, 0.29) is 0 Å². The van der Waals surface area contributed by atoms with Gasteiger partial charge in [-0.25, -0.2) is 0 Å². The summed E-state index contributed by atoms with van der Waals surface area (Å²) in [6, 6.07) is 7.34. The van der Waals surface area contributed by atoms with E-state index in [0.717, 1.165) is 10.8 Å². The Kier molecular flexibility index (Phi) is 5.01. The monoisotopic (exact) mass is 230 g/mol. The Morgan fingerprint density at radius 1 is 1.14 bits per heavy atom. The lowest BCUT2D eigenvalue weighted by Crippen LogP contribution is -2.14. The SMILES string of the molecule is C[SiH](C)OCCOc1ccc(Cl)cc1. The first-order valence-electron chi connectivity index (χ1n) is 4.68. The molecule has 1 rings (SSSR count). The van der Waals surface area contributed by atoms with Gasteiger partial charge in [-0.1, -0.05) is 11.6 Å². The Morgan fingerprint density at radius 2 is 1.79 bits per heavy atom. The van der Waals surface area contributed by atoms with Crippen LogP contribution in [0.15, 0.2) is 24.3 Å². The van der Waals surface area contributed by atoms with Gasteiger partial charge in [0, 0.05) is 5.02 Å². The van der Waals surface area contributed by atoms with Gasteiger partial charge in [0.2, 0.25) is 0 Å². The summed E-state index contributed by atoms with van der Waals surface area (Å²) in [5.41, 5.74) is 0. The van der Waals surface area contributed by atoms with Gasteiger partial charge in [-0.2, -0.15) is 0 Å². The molecule has 0 spiro atoms. The second-order valence-corrected chi connectivity index (χ2v) is 6.09. The highest BCUT2D eigenvalue weighted by Crippen LogP contribution is 2.15. The molecule has 0 aliphatic rings. The van der Waals surface area contributed by atoms with Crippen molar-refractivity contribution in [2.45, 2.75) is 13.1 Å². The molecule has 0 amide bonds. The van der Waals surface area contributed by atoms with Crippen molar-refractivity contribution in [3.8, 4) is 5.75 Å². The van der Waals surface area contributed by atoms with Gasteiger partial charge in [0.05, 0.1) is 6.61 Å². The molecule has 0 atom stereocenters. The van der Waals surface area contributed by atoms with Gasteiger partial charge in [0.1, 0.15) is 12.4 Å². The van der Waals surface area contributed by atoms with Crippen molar-refractivity contribution in [2.75, 3.05) is 13.2 Å². The van der Waals surface area contributed by atoms with Crippen molar-refractivity contribution in [1.82, 2.24) is 0 Å². The number of halogens is 1. The van der Waals surface area contributed by atoms with Gasteiger partial charge in [0.15, 0.2) is 9.04 Å². The van der Waals surface area contributed by atoms with Crippen LogP contribution in [0.5, 0.6) is 5.75 Å². The number of hydrogen-bond acceptors (Lipinski definition) is 2. The van der Waals surface area contributed by atoms with E-state index < -0.39 is 9.04 Å². The molecular weight excluding hydrogens is 216 g/mol. The third-order valence-corrected chi connectivity index (χ3v) is 2.77. The number of rotatable bonds is 5. The molecule has 0 aromatic heterocycles. The van der Waals surface area contributed by atoms with Gasteiger partial charge in [0.25, 0.3) is 0 Å². The Morgan fingerprint density at radius 3 is 2.36 bits per heavy atom. The molecule has 2 nitrogen and oxygen atoms in total. The highest BCUT2D eigenvalue weighted by atomic mass is 35.5. The zero-order chi connectivity index (χ0) is 10.4. The molecule has 78 valence electrons. The van der Waals surface area contributed by atoms with E-state index in [1.54, 1.807) is 0 Å². The zero-order valence-corrected chi connectivity index (χ0v) is 10.4. The molecule has 0 N–H and O–H groups in total. The first-order valence-corrected chi connectivity index (χ1v) is 7.84. The average molecular weight is 231 g/mol. The largest absolute Gasteiger partial charge is 0.491 e. The lowest BCUT2D eigenvalue weighted by atomic mass is 10.3. The fourth-order valence-corrected chi connectivity index (χ4v) is 1.67. The van der Waals surface area contributed by atoms with Gasteiger partial charge in [-0.3, -0.25) is 0 Å². The van der Waals surface area contributed by atoms with E-state index in [0.29, 0.717) is 13.2 Å². The van der Waals surface area contributed by atoms with Gasteiger partial charge in [-0.15, -0.1) is 0 Å². The minimum absolute atomic E-state index is 0.604. The molecule has 4 heteroatoms. The standard InChI is InChI=1S/C10H15ClO2Si/c1-14(2)13-8-7-12-10-5-3-9(11)4-6-10/h3-6,14H,7-8H2,1-2H3. The second kappa shape index (κ2) is 6.06. The summed E-state index contributed by atoms with van der Waals surface area (Å²) in [5.74, 6) is 0.837. The van der Waals surface area contributed by atoms with Crippen molar-refractivity contribution in [2.24, 2.45) is 0 Å². The highest BCUT2D eigenvalue weighted by molar-refractivity contribution is 6.48. The van der Waals surface area contributed by atoms with Crippen LogP contribution in [-0.4, -0.2) is 22.3 Å². The van der Waals surface area contributed by atoms with Crippen LogP contribution in [0.25, 0.3) is 0 Å². The minimum atomic E-state index is -0.905. The molecule has 0 heterocycles. The Hall–Kier alpha value is -0.513. The van der Waals surface area contributed by atoms with Gasteiger partial charge >= 0.3 is 0 Å². The van der Waals surface area contributed by atoms with Crippen LogP contribution in [0.2, 0.25) is 18.1 Å². The molecule has 1 aromatic rings. The fourth-order valence-electron chi connectivity index (χ4n) is 0.974. The molecule has 14 heavy (non-hydrogen) atoms. The van der Waals surface area contributed by atoms with Gasteiger partial charge < -0.3 is 9.16 Å². The third-order valence-electron chi connectivity index (χ3n) is 1.62. The smallest absolute Gasteiger partial charge is 0.171 e. The van der Waals surface area contributed by atoms with Crippen molar-refractivity contribution < 1.29 is 9.16 Å². The molecule has 1 aromatic carbocycles. The number of hydrogen-bond donors (Lipinski definition) is 0. The van der Waals surface area contributed by atoms with E-state index in [9.17, 15) is 0 Å². The quantitative estimate of drug-likeness (QED) is 0.572. The topological polar surface area (TPSA) is 18.5 Å². The molecular formula is C10H15ClO2Si. The summed E-state index contributed by atoms with van der Waals surface area (Å²) in [6.07, 6.45) is 0. The molecule has 0 fully saturated rings. The molecule has 0 aliphatic carbocycles. The van der Waals surface area contributed by atoms with Crippen molar-refractivity contribution in [3.63, 3.8) is 0 Å². The van der Waals surface area contributed by atoms with Crippen LogP contribution >= 0.6 is 11.6 Å². The van der Waals surface area contributed by atoms with Crippen LogP contribution in [0.4, 0.5) is 0 Å². The molecule has 0 saturated carbocycles. The van der Waals surface area contributed by atoms with E-state index in [4.69, 9.17) is 20.8 Å². The fraction of sp³-hybridized carbons (Fsp3) is 0.400. The maximum Gasteiger partial charge on any atom is 0.171 e. The average Bonchev–Trinajstić information content (AvgIpc) is 2.15. The lowest BCUT2D eigenvalue weighted by molar-refractivity contribution is 0.219. The third kappa shape index (κ3) is 4.65. The van der Waals surface area contributed by atoms with Crippen LogP contribution in [0.3, 0.4) is 0 Å². The zero-order valence-electron chi connectivity index (χ0n) is 8.50. The maximum atomic E-state index is 5.74. The molecule has 0 radical (unpaired) electrons. The van der Waals surface area contributed by atoms with Crippen LogP contribution in [0, 0.1) is 0 Å². The summed E-state index contributed by atoms with van der Waals surface area (Å²) in [6.45, 7) is 5.56. The van der Waals surface area contributed by atoms with E-state index in [1.807, 2.05) is 24.3 Å². The van der Waals surface area contributed by atoms with E-state index in [2.05, 4.69) is 13.1 Å². The summed E-state index contributed by atoms with van der Waals surface area (Å²) in [7, 11) is -0.905. The first kappa shape index (κ1) is 11.6. The Bertz CT molecular complexity index is 261. The summed E-state index contributed by atoms with van der Waals surface area (Å²) >= 11 is 5.74. The van der Waals surface area contributed by atoms with Crippen molar-refractivity contribution in [1.29, 1.82) is 0 Å². The molecule has 0 bridgehead atoms. The van der Waals surface area contributed by atoms with Crippen LogP contribution in [0.1, 0.15) is 0 Å². The van der Waals surface area contributed by atoms with E-state index in [1.165, 1.54) is 0 Å². The predicted octanol–water partition coefficient (Wildman–Crippen LogP) is 2.72. The normalized spacial score (nSPS) is 10.6. The van der Waals surface area contributed by atoms with Crippen molar-refractivity contribution >= 4 is 20.6 Å². The number of ether oxygens (including phenoxy) is 1. The summed E-state index contributed by atoms with van der Waals surface area (Å²) in [4.78, 5) is 0. The van der Waals surface area contributed by atoms with Crippen molar-refractivity contribution in [3.05, 3.63) is 29.3 Å². The molecule has 0 unspecified atom stereocenters. The molecule has 0 aliphatic heterocycles. The number of benzene rings is 1. The predicted molar refractivity (Wildman–Crippen MR) is 61.8 cm³/mol. The Balaban J connectivity index is 2.21. The lowest BCUT2D eigenvalue weighted by Gasteiger charge is -2.08.